The molecule has 1 rings (SSSR count). The molecule has 0 radical (unpaired) electrons. The summed E-state index contributed by atoms with van der Waals surface area (Å²) >= 11 is 0. The van der Waals surface area contributed by atoms with E-state index in [1.165, 1.54) is 6.42 Å². The topological polar surface area (TPSA) is 3.24 Å². The third-order valence-electron chi connectivity index (χ3n) is 1.51. The third-order valence-corrected chi connectivity index (χ3v) is 1.51. The first-order valence-electron chi connectivity index (χ1n) is 2.69. The standard InChI is InChI=1S/C6H11N/c1-6-4-3-5-7(6)2/h3,5-6H,4H2,1-2H3/t6-/m1/s1. The van der Waals surface area contributed by atoms with E-state index in [1.54, 1.807) is 0 Å². The van der Waals surface area contributed by atoms with Gasteiger partial charge in [0.2, 0.25) is 0 Å². The number of hydrogen-bond acceptors (Lipinski definition) is 1. The monoisotopic (exact) mass is 97.1 g/mol. The van der Waals surface area contributed by atoms with Crippen molar-refractivity contribution < 1.29 is 0 Å². The van der Waals surface area contributed by atoms with Crippen molar-refractivity contribution in [3.05, 3.63) is 12.3 Å². The molecule has 0 spiro atoms. The summed E-state index contributed by atoms with van der Waals surface area (Å²) in [5.41, 5.74) is 0. The van der Waals surface area contributed by atoms with E-state index < -0.39 is 0 Å². The molecule has 1 heterocycles. The molecule has 0 fully saturated rings. The molecule has 0 aromatic heterocycles. The normalized spacial score (nSPS) is 29.4. The van der Waals surface area contributed by atoms with Gasteiger partial charge in [-0.2, -0.15) is 0 Å². The highest BCUT2D eigenvalue weighted by Gasteiger charge is 2.06. The number of nitrogens with zero attached hydrogens (tertiary/aromatic N) is 1. The summed E-state index contributed by atoms with van der Waals surface area (Å²) in [6, 6.07) is 0.736. The minimum atomic E-state index is 0.736. The first-order chi connectivity index (χ1) is 3.30. The third kappa shape index (κ3) is 0.763. The predicted octanol–water partition coefficient (Wildman–Crippen LogP) is 1.22. The fourth-order valence-corrected chi connectivity index (χ4v) is 0.737. The van der Waals surface area contributed by atoms with E-state index >= 15 is 0 Å². The van der Waals surface area contributed by atoms with Gasteiger partial charge < -0.3 is 4.90 Å². The van der Waals surface area contributed by atoms with Crippen molar-refractivity contribution in [2.45, 2.75) is 19.4 Å². The molecule has 0 saturated heterocycles. The van der Waals surface area contributed by atoms with Gasteiger partial charge in [0, 0.05) is 13.1 Å². The van der Waals surface area contributed by atoms with Crippen LogP contribution in [0.15, 0.2) is 12.3 Å². The number of hydrogen-bond donors (Lipinski definition) is 0. The van der Waals surface area contributed by atoms with Gasteiger partial charge in [0.25, 0.3) is 0 Å². The van der Waals surface area contributed by atoms with Crippen molar-refractivity contribution in [2.75, 3.05) is 7.05 Å². The van der Waals surface area contributed by atoms with E-state index in [0.29, 0.717) is 0 Å². The first-order valence-corrected chi connectivity index (χ1v) is 2.69. The zero-order valence-corrected chi connectivity index (χ0v) is 4.89. The molecule has 0 N–H and O–H groups in total. The molecular weight excluding hydrogens is 86.1 g/mol. The summed E-state index contributed by atoms with van der Waals surface area (Å²) in [5.74, 6) is 0. The van der Waals surface area contributed by atoms with Crippen molar-refractivity contribution in [2.24, 2.45) is 0 Å². The highest BCUT2D eigenvalue weighted by molar-refractivity contribution is 4.93. The van der Waals surface area contributed by atoms with Crippen molar-refractivity contribution in [3.8, 4) is 0 Å². The summed E-state index contributed by atoms with van der Waals surface area (Å²) in [6.45, 7) is 2.22. The Morgan fingerprint density at radius 3 is 2.57 bits per heavy atom. The molecule has 0 unspecified atom stereocenters. The maximum atomic E-state index is 2.22. The van der Waals surface area contributed by atoms with Crippen LogP contribution < -0.4 is 0 Å². The zero-order chi connectivity index (χ0) is 5.28. The Morgan fingerprint density at radius 2 is 2.43 bits per heavy atom. The highest BCUT2D eigenvalue weighted by atomic mass is 15.1. The predicted molar refractivity (Wildman–Crippen MR) is 31.0 cm³/mol. The van der Waals surface area contributed by atoms with E-state index in [4.69, 9.17) is 0 Å². The lowest BCUT2D eigenvalue weighted by Gasteiger charge is -2.14. The smallest absolute Gasteiger partial charge is 0.0287 e. The molecule has 40 valence electrons. The number of rotatable bonds is 0. The van der Waals surface area contributed by atoms with Crippen LogP contribution >= 0.6 is 0 Å². The second kappa shape index (κ2) is 1.57. The van der Waals surface area contributed by atoms with Crippen LogP contribution in [-0.4, -0.2) is 18.0 Å². The Labute approximate surface area is 44.6 Å². The maximum Gasteiger partial charge on any atom is 0.0287 e. The fourth-order valence-electron chi connectivity index (χ4n) is 0.737. The Bertz CT molecular complexity index is 86.2. The van der Waals surface area contributed by atoms with Gasteiger partial charge in [-0.05, 0) is 19.5 Å². The van der Waals surface area contributed by atoms with E-state index in [0.717, 1.165) is 6.04 Å². The summed E-state index contributed by atoms with van der Waals surface area (Å²) in [4.78, 5) is 2.22. The van der Waals surface area contributed by atoms with Gasteiger partial charge in [0.05, 0.1) is 0 Å². The summed E-state index contributed by atoms with van der Waals surface area (Å²) in [7, 11) is 2.11. The van der Waals surface area contributed by atoms with Crippen molar-refractivity contribution in [1.82, 2.24) is 4.90 Å². The molecule has 1 nitrogen and oxygen atoms in total. The van der Waals surface area contributed by atoms with Crippen LogP contribution in [0.5, 0.6) is 0 Å². The summed E-state index contributed by atoms with van der Waals surface area (Å²) in [5, 5.41) is 0. The molecule has 1 aliphatic rings. The van der Waals surface area contributed by atoms with Crippen molar-refractivity contribution in [3.63, 3.8) is 0 Å². The largest absolute Gasteiger partial charge is 0.378 e. The molecule has 0 aromatic carbocycles. The van der Waals surface area contributed by atoms with E-state index in [-0.39, 0.29) is 0 Å². The van der Waals surface area contributed by atoms with Gasteiger partial charge in [0.15, 0.2) is 0 Å². The summed E-state index contributed by atoms with van der Waals surface area (Å²) < 4.78 is 0. The Morgan fingerprint density at radius 1 is 1.71 bits per heavy atom. The van der Waals surface area contributed by atoms with Crippen LogP contribution in [0.4, 0.5) is 0 Å². The second-order valence-corrected chi connectivity index (χ2v) is 2.13. The quantitative estimate of drug-likeness (QED) is 0.439. The average Bonchev–Trinajstić information content (AvgIpc) is 1.91. The van der Waals surface area contributed by atoms with Crippen molar-refractivity contribution in [1.29, 1.82) is 0 Å². The molecule has 0 aromatic rings. The Hall–Kier alpha value is -0.460. The molecular formula is C6H11N. The molecule has 7 heavy (non-hydrogen) atoms. The minimum Gasteiger partial charge on any atom is -0.378 e. The fraction of sp³-hybridized carbons (Fsp3) is 0.667. The van der Waals surface area contributed by atoms with E-state index in [2.05, 4.69) is 31.1 Å². The summed E-state index contributed by atoms with van der Waals surface area (Å²) in [6.07, 6.45) is 5.55. The highest BCUT2D eigenvalue weighted by Crippen LogP contribution is 2.08. The molecule has 0 bridgehead atoms. The molecule has 1 heteroatoms. The Balaban J connectivity index is 2.45. The molecule has 1 atom stereocenters. The van der Waals surface area contributed by atoms with E-state index in [9.17, 15) is 0 Å². The maximum absolute atomic E-state index is 2.22. The van der Waals surface area contributed by atoms with Crippen LogP contribution in [0.1, 0.15) is 13.3 Å². The Kier molecular flexibility index (Phi) is 1.05. The van der Waals surface area contributed by atoms with Crippen LogP contribution in [0, 0.1) is 0 Å². The average molecular weight is 97.2 g/mol. The molecule has 1 aliphatic heterocycles. The second-order valence-electron chi connectivity index (χ2n) is 2.13. The lowest BCUT2D eigenvalue weighted by atomic mass is 10.3. The molecule has 0 amide bonds. The van der Waals surface area contributed by atoms with Crippen LogP contribution in [-0.2, 0) is 0 Å². The van der Waals surface area contributed by atoms with Crippen molar-refractivity contribution >= 4 is 0 Å². The first kappa shape index (κ1) is 4.69. The lowest BCUT2D eigenvalue weighted by Crippen LogP contribution is -2.17. The van der Waals surface area contributed by atoms with Gasteiger partial charge in [-0.25, -0.2) is 0 Å². The minimum absolute atomic E-state index is 0.736. The van der Waals surface area contributed by atoms with Gasteiger partial charge in [-0.1, -0.05) is 6.08 Å². The van der Waals surface area contributed by atoms with Gasteiger partial charge in [-0.15, -0.1) is 0 Å². The van der Waals surface area contributed by atoms with Crippen LogP contribution in [0.25, 0.3) is 0 Å². The lowest BCUT2D eigenvalue weighted by molar-refractivity contribution is 0.383. The SMILES string of the molecule is C[C@@H]1CC=CN1C. The zero-order valence-electron chi connectivity index (χ0n) is 4.89. The van der Waals surface area contributed by atoms with E-state index in [1.807, 2.05) is 0 Å². The van der Waals surface area contributed by atoms with Gasteiger partial charge in [-0.3, -0.25) is 0 Å². The van der Waals surface area contributed by atoms with Gasteiger partial charge in [0.1, 0.15) is 0 Å². The van der Waals surface area contributed by atoms with Gasteiger partial charge >= 0.3 is 0 Å². The molecule has 0 aliphatic carbocycles. The van der Waals surface area contributed by atoms with Crippen LogP contribution in [0.2, 0.25) is 0 Å². The molecule has 0 saturated carbocycles. The van der Waals surface area contributed by atoms with Crippen LogP contribution in [0.3, 0.4) is 0 Å².